The average molecular weight is 298 g/mol. The van der Waals surface area contributed by atoms with E-state index >= 15 is 0 Å². The lowest BCUT2D eigenvalue weighted by molar-refractivity contribution is -0.136. The Kier molecular flexibility index (Phi) is 3.49. The normalized spacial score (nSPS) is 19.5. The number of likely N-dealkylation sites (N-methyl/N-ethyl adjacent to an activating group) is 1. The maximum absolute atomic E-state index is 11.5. The van der Waals surface area contributed by atoms with Crippen molar-refractivity contribution in [2.24, 2.45) is 0 Å². The third kappa shape index (κ3) is 2.21. The fraction of sp³-hybridized carbons (Fsp3) is 0.250. The Morgan fingerprint density at radius 3 is 2.47 bits per heavy atom. The first kappa shape index (κ1) is 12.1. The summed E-state index contributed by atoms with van der Waals surface area (Å²) in [5.41, 5.74) is 0.837. The van der Waals surface area contributed by atoms with Crippen LogP contribution < -0.4 is 10.1 Å². The van der Waals surface area contributed by atoms with Crippen LogP contribution in [0.25, 0.3) is 5.76 Å². The van der Waals surface area contributed by atoms with Gasteiger partial charge in [-0.1, -0.05) is 0 Å². The van der Waals surface area contributed by atoms with Crippen molar-refractivity contribution >= 4 is 27.7 Å². The van der Waals surface area contributed by atoms with Crippen LogP contribution in [0.15, 0.2) is 28.7 Å². The van der Waals surface area contributed by atoms with E-state index in [1.807, 2.05) is 24.3 Å². The van der Waals surface area contributed by atoms with E-state index in [4.69, 9.17) is 9.47 Å². The highest BCUT2D eigenvalue weighted by atomic mass is 79.9. The fourth-order valence-corrected chi connectivity index (χ4v) is 2.35. The number of hydrogen-bond acceptors (Lipinski definition) is 4. The number of carbonyl (C=O) groups is 1. The summed E-state index contributed by atoms with van der Waals surface area (Å²) in [7, 11) is 3.32. The van der Waals surface area contributed by atoms with Crippen molar-refractivity contribution in [3.8, 4) is 5.75 Å². The highest BCUT2D eigenvalue weighted by molar-refractivity contribution is 9.12. The molecule has 1 heterocycles. The lowest BCUT2D eigenvalue weighted by Gasteiger charge is -2.04. The van der Waals surface area contributed by atoms with Crippen molar-refractivity contribution in [1.82, 2.24) is 5.32 Å². The molecule has 0 radical (unpaired) electrons. The molecule has 0 aromatic heterocycles. The maximum atomic E-state index is 11.5. The first-order valence-electron chi connectivity index (χ1n) is 5.10. The predicted octanol–water partition coefficient (Wildman–Crippen LogP) is 1.90. The molecule has 1 aliphatic heterocycles. The van der Waals surface area contributed by atoms with Crippen LogP contribution in [0.3, 0.4) is 0 Å². The molecule has 0 aliphatic carbocycles. The largest absolute Gasteiger partial charge is 0.497 e. The molecule has 0 bridgehead atoms. The second-order valence-electron chi connectivity index (χ2n) is 3.55. The van der Waals surface area contributed by atoms with Gasteiger partial charge in [-0.05, 0) is 47.2 Å². The number of hydrogen-bond donors (Lipinski definition) is 1. The van der Waals surface area contributed by atoms with Gasteiger partial charge in [-0.2, -0.15) is 0 Å². The Labute approximate surface area is 108 Å². The van der Waals surface area contributed by atoms with Gasteiger partial charge in [-0.15, -0.1) is 0 Å². The van der Waals surface area contributed by atoms with Gasteiger partial charge in [0.05, 0.1) is 11.6 Å². The summed E-state index contributed by atoms with van der Waals surface area (Å²) >= 11 is 3.38. The zero-order valence-electron chi connectivity index (χ0n) is 9.49. The second kappa shape index (κ2) is 4.89. The third-order valence-corrected chi connectivity index (χ3v) is 3.37. The summed E-state index contributed by atoms with van der Waals surface area (Å²) in [5, 5.41) is 2.88. The molecule has 1 N–H and O–H groups in total. The first-order valence-corrected chi connectivity index (χ1v) is 5.89. The number of nitrogens with one attached hydrogen (secondary N) is 1. The quantitative estimate of drug-likeness (QED) is 0.866. The maximum Gasteiger partial charge on any atom is 0.333 e. The summed E-state index contributed by atoms with van der Waals surface area (Å²) in [6.07, 6.45) is 0. The molecule has 1 aromatic carbocycles. The van der Waals surface area contributed by atoms with Gasteiger partial charge in [0.2, 0.25) is 0 Å². The number of methoxy groups -OCH3 is 1. The van der Waals surface area contributed by atoms with E-state index in [1.54, 1.807) is 14.2 Å². The van der Waals surface area contributed by atoms with Gasteiger partial charge in [0.15, 0.2) is 0 Å². The van der Waals surface area contributed by atoms with E-state index < -0.39 is 6.04 Å². The molecule has 5 heteroatoms. The van der Waals surface area contributed by atoms with Gasteiger partial charge in [0.25, 0.3) is 0 Å². The van der Waals surface area contributed by atoms with Crippen LogP contribution in [0.5, 0.6) is 5.75 Å². The second-order valence-corrected chi connectivity index (χ2v) is 4.40. The minimum Gasteiger partial charge on any atom is -0.497 e. The molecule has 0 saturated heterocycles. The molecule has 4 nitrogen and oxygen atoms in total. The van der Waals surface area contributed by atoms with E-state index in [0.29, 0.717) is 5.76 Å². The zero-order valence-corrected chi connectivity index (χ0v) is 11.1. The Hall–Kier alpha value is -1.33. The summed E-state index contributed by atoms with van der Waals surface area (Å²) in [5.74, 6) is 1.02. The van der Waals surface area contributed by atoms with Crippen molar-refractivity contribution in [3.63, 3.8) is 0 Å². The minimum absolute atomic E-state index is 0.301. The number of esters is 1. The summed E-state index contributed by atoms with van der Waals surface area (Å²) in [4.78, 5) is 11.5. The van der Waals surface area contributed by atoms with Crippen molar-refractivity contribution in [3.05, 3.63) is 34.3 Å². The molecule has 90 valence electrons. The molecule has 0 amide bonds. The SMILES string of the molecule is CNC1C(=O)OC(c2ccc(OC)cc2)=C1Br. The molecule has 1 unspecified atom stereocenters. The van der Waals surface area contributed by atoms with E-state index in [9.17, 15) is 4.79 Å². The minimum atomic E-state index is -0.424. The van der Waals surface area contributed by atoms with Crippen LogP contribution in [0.1, 0.15) is 5.56 Å². The lowest BCUT2D eigenvalue weighted by atomic mass is 10.1. The lowest BCUT2D eigenvalue weighted by Crippen LogP contribution is -2.30. The molecule has 1 aromatic rings. The molecule has 0 fully saturated rings. The van der Waals surface area contributed by atoms with Gasteiger partial charge < -0.3 is 14.8 Å². The summed E-state index contributed by atoms with van der Waals surface area (Å²) < 4.78 is 11.0. The molecule has 0 spiro atoms. The van der Waals surface area contributed by atoms with Crippen molar-refractivity contribution < 1.29 is 14.3 Å². The van der Waals surface area contributed by atoms with Crippen molar-refractivity contribution in [2.75, 3.05) is 14.2 Å². The number of carbonyl (C=O) groups excluding carboxylic acids is 1. The molecule has 1 aliphatic rings. The van der Waals surface area contributed by atoms with Crippen LogP contribution in [-0.4, -0.2) is 26.2 Å². The van der Waals surface area contributed by atoms with Gasteiger partial charge in [-0.3, -0.25) is 0 Å². The topological polar surface area (TPSA) is 47.6 Å². The summed E-state index contributed by atoms with van der Waals surface area (Å²) in [6.45, 7) is 0. The molecular weight excluding hydrogens is 286 g/mol. The van der Waals surface area contributed by atoms with Crippen LogP contribution in [0.4, 0.5) is 0 Å². The first-order chi connectivity index (χ1) is 8.17. The van der Waals surface area contributed by atoms with Gasteiger partial charge >= 0.3 is 5.97 Å². The van der Waals surface area contributed by atoms with Crippen molar-refractivity contribution in [2.45, 2.75) is 6.04 Å². The highest BCUT2D eigenvalue weighted by Gasteiger charge is 2.33. The van der Waals surface area contributed by atoms with Gasteiger partial charge in [-0.25, -0.2) is 4.79 Å². The number of benzene rings is 1. The number of rotatable bonds is 3. The fourth-order valence-electron chi connectivity index (χ4n) is 1.63. The van der Waals surface area contributed by atoms with Crippen LogP contribution in [-0.2, 0) is 9.53 Å². The average Bonchev–Trinajstić information content (AvgIpc) is 2.64. The van der Waals surface area contributed by atoms with Gasteiger partial charge in [0.1, 0.15) is 17.6 Å². The number of halogens is 1. The smallest absolute Gasteiger partial charge is 0.333 e. The standard InChI is InChI=1S/C12H12BrNO3/c1-14-10-9(13)11(17-12(10)15)7-3-5-8(16-2)6-4-7/h3-6,10,14H,1-2H3. The number of ether oxygens (including phenoxy) is 2. The van der Waals surface area contributed by atoms with E-state index in [-0.39, 0.29) is 5.97 Å². The van der Waals surface area contributed by atoms with Gasteiger partial charge in [0, 0.05) is 5.56 Å². The Morgan fingerprint density at radius 1 is 1.35 bits per heavy atom. The van der Waals surface area contributed by atoms with Crippen LogP contribution in [0, 0.1) is 0 Å². The summed E-state index contributed by atoms with van der Waals surface area (Å²) in [6, 6.07) is 6.92. The molecule has 1 atom stereocenters. The zero-order chi connectivity index (χ0) is 12.4. The molecule has 0 saturated carbocycles. The molecule has 2 rings (SSSR count). The molecule has 17 heavy (non-hydrogen) atoms. The molecular formula is C12H12BrNO3. The van der Waals surface area contributed by atoms with E-state index in [1.165, 1.54) is 0 Å². The Morgan fingerprint density at radius 2 is 2.00 bits per heavy atom. The number of cyclic esters (lactones) is 1. The Bertz CT molecular complexity index is 467. The van der Waals surface area contributed by atoms with E-state index in [2.05, 4.69) is 21.2 Å². The van der Waals surface area contributed by atoms with E-state index in [0.717, 1.165) is 15.8 Å². The third-order valence-electron chi connectivity index (χ3n) is 2.55. The van der Waals surface area contributed by atoms with Crippen molar-refractivity contribution in [1.29, 1.82) is 0 Å². The van der Waals surface area contributed by atoms with Crippen LogP contribution >= 0.6 is 15.9 Å². The monoisotopic (exact) mass is 297 g/mol. The highest BCUT2D eigenvalue weighted by Crippen LogP contribution is 2.33. The predicted molar refractivity (Wildman–Crippen MR) is 67.8 cm³/mol. The Balaban J connectivity index is 2.33. The van der Waals surface area contributed by atoms with Crippen LogP contribution in [0.2, 0.25) is 0 Å².